The van der Waals surface area contributed by atoms with Crippen molar-refractivity contribution in [3.8, 4) is 0 Å². The molecule has 19 heavy (non-hydrogen) atoms. The highest BCUT2D eigenvalue weighted by atomic mass is 35.5. The number of hydrogen-bond donors (Lipinski definition) is 0. The molecular weight excluding hydrogens is 286 g/mol. The topological polar surface area (TPSA) is 64.3 Å². The SMILES string of the molecule is O=S1(=O)CCCC(Cc2nnc3cccc(Cl)n23)C1. The van der Waals surface area contributed by atoms with Gasteiger partial charge >= 0.3 is 0 Å². The molecule has 1 fully saturated rings. The van der Waals surface area contributed by atoms with Crippen molar-refractivity contribution in [2.24, 2.45) is 5.92 Å². The molecule has 3 heterocycles. The average molecular weight is 300 g/mol. The first-order valence-corrected chi connectivity index (χ1v) is 8.44. The van der Waals surface area contributed by atoms with Crippen molar-refractivity contribution in [1.82, 2.24) is 14.6 Å². The van der Waals surface area contributed by atoms with Crippen molar-refractivity contribution in [2.45, 2.75) is 19.3 Å². The Hall–Kier alpha value is -1.14. The van der Waals surface area contributed by atoms with Gasteiger partial charge in [-0.15, -0.1) is 10.2 Å². The minimum absolute atomic E-state index is 0.113. The van der Waals surface area contributed by atoms with E-state index in [4.69, 9.17) is 11.6 Å². The highest BCUT2D eigenvalue weighted by molar-refractivity contribution is 7.91. The molecule has 1 atom stereocenters. The number of halogens is 1. The van der Waals surface area contributed by atoms with E-state index in [9.17, 15) is 8.42 Å². The first-order chi connectivity index (χ1) is 9.05. The highest BCUT2D eigenvalue weighted by Crippen LogP contribution is 2.23. The van der Waals surface area contributed by atoms with Crippen LogP contribution < -0.4 is 0 Å². The number of nitrogens with zero attached hydrogens (tertiary/aromatic N) is 3. The molecule has 0 amide bonds. The molecule has 2 aromatic heterocycles. The van der Waals surface area contributed by atoms with Gasteiger partial charge in [-0.1, -0.05) is 17.7 Å². The van der Waals surface area contributed by atoms with E-state index in [2.05, 4.69) is 10.2 Å². The normalized spacial score (nSPS) is 22.7. The molecule has 0 aromatic carbocycles. The van der Waals surface area contributed by atoms with Gasteiger partial charge in [0.2, 0.25) is 0 Å². The number of pyridine rings is 1. The van der Waals surface area contributed by atoms with E-state index in [0.717, 1.165) is 18.7 Å². The Labute approximate surface area is 116 Å². The van der Waals surface area contributed by atoms with Crippen LogP contribution in [0.25, 0.3) is 5.65 Å². The quantitative estimate of drug-likeness (QED) is 0.793. The number of rotatable bonds is 2. The zero-order chi connectivity index (χ0) is 13.5. The van der Waals surface area contributed by atoms with Crippen LogP contribution in [0.1, 0.15) is 18.7 Å². The van der Waals surface area contributed by atoms with Crippen LogP contribution >= 0.6 is 11.6 Å². The van der Waals surface area contributed by atoms with E-state index >= 15 is 0 Å². The third-order valence-corrected chi connectivity index (χ3v) is 5.66. The Balaban J connectivity index is 1.90. The fourth-order valence-corrected chi connectivity index (χ4v) is 4.66. The lowest BCUT2D eigenvalue weighted by Gasteiger charge is -2.21. The molecule has 5 nitrogen and oxygen atoms in total. The van der Waals surface area contributed by atoms with Crippen molar-refractivity contribution in [2.75, 3.05) is 11.5 Å². The third kappa shape index (κ3) is 2.60. The van der Waals surface area contributed by atoms with Gasteiger partial charge in [0.25, 0.3) is 0 Å². The first-order valence-electron chi connectivity index (χ1n) is 6.24. The lowest BCUT2D eigenvalue weighted by atomic mass is 10.0. The Morgan fingerprint density at radius 2 is 2.21 bits per heavy atom. The summed E-state index contributed by atoms with van der Waals surface area (Å²) < 4.78 is 25.1. The second kappa shape index (κ2) is 4.76. The second-order valence-electron chi connectivity index (χ2n) is 4.99. The molecule has 0 aliphatic carbocycles. The lowest BCUT2D eigenvalue weighted by Crippen LogP contribution is -2.27. The summed E-state index contributed by atoms with van der Waals surface area (Å²) in [6.45, 7) is 0. The number of aromatic nitrogens is 3. The average Bonchev–Trinajstić information content (AvgIpc) is 2.72. The Bertz CT molecular complexity index is 711. The molecular formula is C12H14ClN3O2S. The van der Waals surface area contributed by atoms with Crippen LogP contribution in [0.3, 0.4) is 0 Å². The van der Waals surface area contributed by atoms with Crippen molar-refractivity contribution in [1.29, 1.82) is 0 Å². The van der Waals surface area contributed by atoms with Crippen LogP contribution in [0, 0.1) is 5.92 Å². The van der Waals surface area contributed by atoms with E-state index < -0.39 is 9.84 Å². The van der Waals surface area contributed by atoms with E-state index in [0.29, 0.717) is 23.0 Å². The maximum absolute atomic E-state index is 11.7. The summed E-state index contributed by atoms with van der Waals surface area (Å²) in [5.41, 5.74) is 0.696. The van der Waals surface area contributed by atoms with Gasteiger partial charge in [-0.05, 0) is 30.9 Å². The van der Waals surface area contributed by atoms with Gasteiger partial charge in [0, 0.05) is 6.42 Å². The summed E-state index contributed by atoms with van der Waals surface area (Å²) in [5.74, 6) is 1.40. The first kappa shape index (κ1) is 12.9. The molecule has 1 aliphatic rings. The maximum atomic E-state index is 11.7. The smallest absolute Gasteiger partial charge is 0.161 e. The summed E-state index contributed by atoms with van der Waals surface area (Å²) >= 11 is 6.14. The van der Waals surface area contributed by atoms with Crippen LogP contribution in [0.2, 0.25) is 5.15 Å². The van der Waals surface area contributed by atoms with Crippen molar-refractivity contribution in [3.05, 3.63) is 29.2 Å². The maximum Gasteiger partial charge on any atom is 0.161 e. The zero-order valence-corrected chi connectivity index (χ0v) is 11.9. The van der Waals surface area contributed by atoms with Crippen molar-refractivity contribution in [3.63, 3.8) is 0 Å². The molecule has 3 rings (SSSR count). The Kier molecular flexibility index (Phi) is 3.22. The van der Waals surface area contributed by atoms with Crippen LogP contribution in [-0.4, -0.2) is 34.5 Å². The number of fused-ring (bicyclic) bond motifs is 1. The highest BCUT2D eigenvalue weighted by Gasteiger charge is 2.26. The molecule has 0 N–H and O–H groups in total. The minimum Gasteiger partial charge on any atom is -0.269 e. The monoisotopic (exact) mass is 299 g/mol. The predicted octanol–water partition coefficient (Wildman–Crippen LogP) is 1.75. The van der Waals surface area contributed by atoms with Crippen molar-refractivity contribution >= 4 is 27.1 Å². The van der Waals surface area contributed by atoms with Gasteiger partial charge in [-0.3, -0.25) is 4.40 Å². The van der Waals surface area contributed by atoms with E-state index in [1.54, 1.807) is 10.5 Å². The standard InChI is InChI=1S/C12H14ClN3O2S/c13-10-4-1-5-11-14-15-12(16(10)11)7-9-3-2-6-19(17,18)8-9/h1,4-5,9H,2-3,6-8H2. The van der Waals surface area contributed by atoms with E-state index in [1.807, 2.05) is 12.1 Å². The molecule has 0 spiro atoms. The minimum atomic E-state index is -2.89. The molecule has 1 saturated heterocycles. The van der Waals surface area contributed by atoms with Crippen LogP contribution in [0.4, 0.5) is 0 Å². The molecule has 7 heteroatoms. The third-order valence-electron chi connectivity index (χ3n) is 3.48. The van der Waals surface area contributed by atoms with Crippen LogP contribution in [0.5, 0.6) is 0 Å². The van der Waals surface area contributed by atoms with Crippen LogP contribution in [0.15, 0.2) is 18.2 Å². The lowest BCUT2D eigenvalue weighted by molar-refractivity contribution is 0.474. The van der Waals surface area contributed by atoms with Crippen LogP contribution in [-0.2, 0) is 16.3 Å². The van der Waals surface area contributed by atoms with Gasteiger partial charge in [0.15, 0.2) is 15.5 Å². The van der Waals surface area contributed by atoms with Gasteiger partial charge in [-0.25, -0.2) is 8.42 Å². The molecule has 102 valence electrons. The predicted molar refractivity (Wildman–Crippen MR) is 73.1 cm³/mol. The molecule has 1 aliphatic heterocycles. The van der Waals surface area contributed by atoms with Gasteiger partial charge in [0.1, 0.15) is 11.0 Å². The molecule has 1 unspecified atom stereocenters. The van der Waals surface area contributed by atoms with E-state index in [-0.39, 0.29) is 11.7 Å². The number of hydrogen-bond acceptors (Lipinski definition) is 4. The molecule has 0 saturated carbocycles. The summed E-state index contributed by atoms with van der Waals surface area (Å²) in [6.07, 6.45) is 2.25. The fraction of sp³-hybridized carbons (Fsp3) is 0.500. The summed E-state index contributed by atoms with van der Waals surface area (Å²) in [4.78, 5) is 0. The Morgan fingerprint density at radius 1 is 1.37 bits per heavy atom. The number of sulfone groups is 1. The molecule has 2 aromatic rings. The molecule has 0 radical (unpaired) electrons. The summed E-state index contributed by atoms with van der Waals surface area (Å²) in [6, 6.07) is 5.43. The largest absolute Gasteiger partial charge is 0.269 e. The second-order valence-corrected chi connectivity index (χ2v) is 7.60. The summed E-state index contributed by atoms with van der Waals surface area (Å²) in [5, 5.41) is 8.74. The van der Waals surface area contributed by atoms with Crippen molar-refractivity contribution < 1.29 is 8.42 Å². The van der Waals surface area contributed by atoms with E-state index in [1.165, 1.54) is 0 Å². The zero-order valence-electron chi connectivity index (χ0n) is 10.3. The van der Waals surface area contributed by atoms with Gasteiger partial charge < -0.3 is 0 Å². The van der Waals surface area contributed by atoms with Gasteiger partial charge in [-0.2, -0.15) is 0 Å². The molecule has 0 bridgehead atoms. The van der Waals surface area contributed by atoms with Gasteiger partial charge in [0.05, 0.1) is 11.5 Å². The summed E-state index contributed by atoms with van der Waals surface area (Å²) in [7, 11) is -2.89. The fourth-order valence-electron chi connectivity index (χ4n) is 2.63. The Morgan fingerprint density at radius 3 is 3.00 bits per heavy atom.